The number of carbonyl (C=O) groups is 1. The topological polar surface area (TPSA) is 68.0 Å². The van der Waals surface area contributed by atoms with Gasteiger partial charge in [0.05, 0.1) is 15.7 Å². The lowest BCUT2D eigenvalue weighted by Crippen LogP contribution is -2.12. The lowest BCUT2D eigenvalue weighted by Gasteiger charge is -1.99. The summed E-state index contributed by atoms with van der Waals surface area (Å²) in [6.07, 6.45) is 1.30. The lowest BCUT2D eigenvalue weighted by molar-refractivity contribution is 0.102. The molecule has 1 aromatic carbocycles. The molecule has 0 aliphatic heterocycles. The standard InChI is InChI=1S/C16H13Cl2N3O2S/c1-8(2)13-7-24-16(20-13)21-14(22)12-6-23-15(19-12)9-3-4-10(17)11(18)5-9/h3-8H,1-2H3,(H,20,21,22). The van der Waals surface area contributed by atoms with Crippen LogP contribution in [0, 0.1) is 0 Å². The predicted octanol–water partition coefficient (Wildman–Crippen LogP) is 5.48. The lowest BCUT2D eigenvalue weighted by atomic mass is 10.2. The van der Waals surface area contributed by atoms with Crippen LogP contribution in [-0.2, 0) is 0 Å². The number of oxazole rings is 1. The molecular formula is C16H13Cl2N3O2S. The van der Waals surface area contributed by atoms with Gasteiger partial charge in [-0.05, 0) is 24.1 Å². The summed E-state index contributed by atoms with van der Waals surface area (Å²) in [5, 5.41) is 6.00. The molecule has 0 radical (unpaired) electrons. The van der Waals surface area contributed by atoms with E-state index in [4.69, 9.17) is 27.6 Å². The second-order valence-corrected chi connectivity index (χ2v) is 7.03. The van der Waals surface area contributed by atoms with Gasteiger partial charge < -0.3 is 4.42 Å². The number of carbonyl (C=O) groups excluding carboxylic acids is 1. The first-order valence-corrected chi connectivity index (χ1v) is 8.75. The molecule has 1 N–H and O–H groups in total. The minimum atomic E-state index is -0.380. The Morgan fingerprint density at radius 2 is 2.04 bits per heavy atom. The Morgan fingerprint density at radius 1 is 1.25 bits per heavy atom. The number of nitrogens with one attached hydrogen (secondary N) is 1. The maximum Gasteiger partial charge on any atom is 0.279 e. The molecule has 0 saturated carbocycles. The quantitative estimate of drug-likeness (QED) is 0.649. The molecule has 8 heteroatoms. The Kier molecular flexibility index (Phi) is 4.89. The van der Waals surface area contributed by atoms with E-state index in [1.165, 1.54) is 17.6 Å². The zero-order chi connectivity index (χ0) is 17.3. The maximum atomic E-state index is 12.2. The predicted molar refractivity (Wildman–Crippen MR) is 96.1 cm³/mol. The van der Waals surface area contributed by atoms with Crippen LogP contribution in [0.1, 0.15) is 35.9 Å². The molecule has 3 aromatic rings. The smallest absolute Gasteiger partial charge is 0.279 e. The third-order valence-electron chi connectivity index (χ3n) is 3.24. The number of anilines is 1. The molecule has 0 fully saturated rings. The summed E-state index contributed by atoms with van der Waals surface area (Å²) in [5.41, 5.74) is 1.74. The van der Waals surface area contributed by atoms with Crippen LogP contribution in [0.2, 0.25) is 10.0 Å². The summed E-state index contributed by atoms with van der Waals surface area (Å²) in [7, 11) is 0. The molecule has 5 nitrogen and oxygen atoms in total. The average molecular weight is 382 g/mol. The SMILES string of the molecule is CC(C)c1csc(NC(=O)c2coc(-c3ccc(Cl)c(Cl)c3)n2)n1. The highest BCUT2D eigenvalue weighted by molar-refractivity contribution is 7.14. The Balaban J connectivity index is 1.76. The van der Waals surface area contributed by atoms with Crippen molar-refractivity contribution in [1.82, 2.24) is 9.97 Å². The summed E-state index contributed by atoms with van der Waals surface area (Å²) in [5.74, 6) is 0.218. The van der Waals surface area contributed by atoms with Crippen LogP contribution in [0.25, 0.3) is 11.5 Å². The van der Waals surface area contributed by atoms with Crippen molar-refractivity contribution in [3.63, 3.8) is 0 Å². The van der Waals surface area contributed by atoms with Gasteiger partial charge in [-0.25, -0.2) is 9.97 Å². The number of hydrogen-bond donors (Lipinski definition) is 1. The molecule has 0 aliphatic carbocycles. The van der Waals surface area contributed by atoms with E-state index in [1.54, 1.807) is 18.2 Å². The molecule has 124 valence electrons. The summed E-state index contributed by atoms with van der Waals surface area (Å²) < 4.78 is 5.36. The Hall–Kier alpha value is -1.89. The molecule has 2 heterocycles. The third-order valence-corrected chi connectivity index (χ3v) is 4.75. The second kappa shape index (κ2) is 6.93. The monoisotopic (exact) mass is 381 g/mol. The number of nitrogens with zero attached hydrogens (tertiary/aromatic N) is 2. The van der Waals surface area contributed by atoms with Crippen molar-refractivity contribution in [2.75, 3.05) is 5.32 Å². The van der Waals surface area contributed by atoms with Crippen LogP contribution in [0.5, 0.6) is 0 Å². The van der Waals surface area contributed by atoms with E-state index < -0.39 is 0 Å². The largest absolute Gasteiger partial charge is 0.444 e. The molecule has 24 heavy (non-hydrogen) atoms. The van der Waals surface area contributed by atoms with Gasteiger partial charge in [0.25, 0.3) is 5.91 Å². The van der Waals surface area contributed by atoms with E-state index in [1.807, 2.05) is 19.2 Å². The number of aromatic nitrogens is 2. The van der Waals surface area contributed by atoms with Crippen molar-refractivity contribution in [3.05, 3.63) is 51.3 Å². The van der Waals surface area contributed by atoms with Crippen molar-refractivity contribution < 1.29 is 9.21 Å². The minimum absolute atomic E-state index is 0.164. The molecule has 0 saturated heterocycles. The molecule has 0 atom stereocenters. The van der Waals surface area contributed by atoms with Gasteiger partial charge in [-0.2, -0.15) is 0 Å². The van der Waals surface area contributed by atoms with Gasteiger partial charge in [0.1, 0.15) is 6.26 Å². The zero-order valence-corrected chi connectivity index (χ0v) is 15.2. The summed E-state index contributed by atoms with van der Waals surface area (Å²) >= 11 is 13.2. The van der Waals surface area contributed by atoms with E-state index in [-0.39, 0.29) is 11.6 Å². The fraction of sp³-hybridized carbons (Fsp3) is 0.188. The highest BCUT2D eigenvalue weighted by Gasteiger charge is 2.16. The number of hydrogen-bond acceptors (Lipinski definition) is 5. The number of rotatable bonds is 4. The van der Waals surface area contributed by atoms with E-state index in [2.05, 4.69) is 15.3 Å². The molecule has 0 spiro atoms. The Bertz CT molecular complexity index is 889. The molecular weight excluding hydrogens is 369 g/mol. The fourth-order valence-electron chi connectivity index (χ4n) is 1.91. The maximum absolute atomic E-state index is 12.2. The molecule has 2 aromatic heterocycles. The van der Waals surface area contributed by atoms with Crippen molar-refractivity contribution in [3.8, 4) is 11.5 Å². The van der Waals surface area contributed by atoms with Gasteiger partial charge in [-0.3, -0.25) is 10.1 Å². The normalized spacial score (nSPS) is 11.0. The van der Waals surface area contributed by atoms with E-state index in [0.29, 0.717) is 32.5 Å². The highest BCUT2D eigenvalue weighted by Crippen LogP contribution is 2.28. The van der Waals surface area contributed by atoms with Crippen LogP contribution >= 0.6 is 34.5 Å². The average Bonchev–Trinajstić information content (AvgIpc) is 3.19. The first kappa shape index (κ1) is 17.0. The van der Waals surface area contributed by atoms with Crippen LogP contribution in [0.15, 0.2) is 34.3 Å². The Labute approximate surface area is 152 Å². The second-order valence-electron chi connectivity index (χ2n) is 5.35. The van der Waals surface area contributed by atoms with Crippen LogP contribution < -0.4 is 5.32 Å². The summed E-state index contributed by atoms with van der Waals surface area (Å²) in [6.45, 7) is 4.09. The van der Waals surface area contributed by atoms with Crippen molar-refractivity contribution in [2.45, 2.75) is 19.8 Å². The summed E-state index contributed by atoms with van der Waals surface area (Å²) in [4.78, 5) is 20.8. The van der Waals surface area contributed by atoms with Gasteiger partial charge >= 0.3 is 0 Å². The zero-order valence-electron chi connectivity index (χ0n) is 12.8. The van der Waals surface area contributed by atoms with Crippen LogP contribution in [0.3, 0.4) is 0 Å². The highest BCUT2D eigenvalue weighted by atomic mass is 35.5. The minimum Gasteiger partial charge on any atom is -0.444 e. The van der Waals surface area contributed by atoms with Gasteiger partial charge in [-0.1, -0.05) is 37.0 Å². The number of thiazole rings is 1. The van der Waals surface area contributed by atoms with Crippen molar-refractivity contribution in [1.29, 1.82) is 0 Å². The van der Waals surface area contributed by atoms with Crippen LogP contribution in [-0.4, -0.2) is 15.9 Å². The molecule has 0 aliphatic rings. The van der Waals surface area contributed by atoms with Gasteiger partial charge in [0.15, 0.2) is 10.8 Å². The first-order valence-electron chi connectivity index (χ1n) is 7.11. The van der Waals surface area contributed by atoms with Crippen molar-refractivity contribution >= 4 is 45.6 Å². The van der Waals surface area contributed by atoms with Crippen LogP contribution in [0.4, 0.5) is 5.13 Å². The molecule has 1 amide bonds. The first-order chi connectivity index (χ1) is 11.4. The van der Waals surface area contributed by atoms with Gasteiger partial charge in [0, 0.05) is 10.9 Å². The Morgan fingerprint density at radius 3 is 2.71 bits per heavy atom. The summed E-state index contributed by atoms with van der Waals surface area (Å²) in [6, 6.07) is 5.00. The molecule has 3 rings (SSSR count). The third kappa shape index (κ3) is 3.61. The van der Waals surface area contributed by atoms with Crippen molar-refractivity contribution in [2.24, 2.45) is 0 Å². The number of amides is 1. The van der Waals surface area contributed by atoms with E-state index >= 15 is 0 Å². The fourth-order valence-corrected chi connectivity index (χ4v) is 3.07. The molecule has 0 bridgehead atoms. The van der Waals surface area contributed by atoms with Gasteiger partial charge in [0.2, 0.25) is 5.89 Å². The van der Waals surface area contributed by atoms with Gasteiger partial charge in [-0.15, -0.1) is 11.3 Å². The molecule has 0 unspecified atom stereocenters. The van der Waals surface area contributed by atoms with E-state index in [9.17, 15) is 4.79 Å². The number of benzene rings is 1. The number of halogens is 2. The van der Waals surface area contributed by atoms with E-state index in [0.717, 1.165) is 5.69 Å².